The number of hydrogen-bond donors (Lipinski definition) is 1. The second-order valence-corrected chi connectivity index (χ2v) is 6.39. The zero-order chi connectivity index (χ0) is 12.3. The molecule has 0 saturated carbocycles. The number of sulfone groups is 1. The Balaban J connectivity index is 2.11. The summed E-state index contributed by atoms with van der Waals surface area (Å²) in [6.07, 6.45) is 3.99. The molecule has 0 aromatic carbocycles. The smallest absolute Gasteiger partial charge is 0.225 e. The molecule has 2 heterocycles. The van der Waals surface area contributed by atoms with Gasteiger partial charge < -0.3 is 10.6 Å². The van der Waals surface area contributed by atoms with Crippen LogP contribution in [0.15, 0.2) is 12.4 Å². The van der Waals surface area contributed by atoms with Gasteiger partial charge in [-0.2, -0.15) is 0 Å². The normalized spacial score (nSPS) is 19.9. The van der Waals surface area contributed by atoms with Crippen LogP contribution in [0.5, 0.6) is 0 Å². The number of nitrogens with zero attached hydrogens (tertiary/aromatic N) is 3. The molecule has 1 aliphatic heterocycles. The molecule has 2 rings (SSSR count). The highest BCUT2D eigenvalue weighted by atomic mass is 32.2. The molecule has 0 spiro atoms. The summed E-state index contributed by atoms with van der Waals surface area (Å²) in [5.74, 6) is 1.01. The van der Waals surface area contributed by atoms with Gasteiger partial charge in [0.05, 0.1) is 11.5 Å². The predicted molar refractivity (Wildman–Crippen MR) is 65.4 cm³/mol. The van der Waals surface area contributed by atoms with E-state index in [-0.39, 0.29) is 11.5 Å². The van der Waals surface area contributed by atoms with Crippen molar-refractivity contribution < 1.29 is 8.42 Å². The molecule has 0 unspecified atom stereocenters. The summed E-state index contributed by atoms with van der Waals surface area (Å²) >= 11 is 0. The Kier molecular flexibility index (Phi) is 3.58. The molecule has 0 atom stereocenters. The molecule has 2 N–H and O–H groups in total. The van der Waals surface area contributed by atoms with Gasteiger partial charge in [-0.1, -0.05) is 0 Å². The van der Waals surface area contributed by atoms with Gasteiger partial charge in [-0.05, 0) is 6.42 Å². The van der Waals surface area contributed by atoms with Crippen LogP contribution in [-0.2, 0) is 16.4 Å². The van der Waals surface area contributed by atoms with Gasteiger partial charge in [0.15, 0.2) is 9.84 Å². The largest absolute Gasteiger partial charge is 0.340 e. The van der Waals surface area contributed by atoms with Crippen molar-refractivity contribution in [3.05, 3.63) is 18.0 Å². The fourth-order valence-electron chi connectivity index (χ4n) is 1.76. The summed E-state index contributed by atoms with van der Waals surface area (Å²) in [4.78, 5) is 10.3. The van der Waals surface area contributed by atoms with E-state index in [0.717, 1.165) is 5.56 Å². The van der Waals surface area contributed by atoms with Crippen molar-refractivity contribution in [2.75, 3.05) is 29.5 Å². The molecule has 1 fully saturated rings. The van der Waals surface area contributed by atoms with E-state index >= 15 is 0 Å². The minimum absolute atomic E-state index is 0.176. The third kappa shape index (κ3) is 3.13. The highest BCUT2D eigenvalue weighted by molar-refractivity contribution is 7.91. The zero-order valence-corrected chi connectivity index (χ0v) is 10.4. The molecule has 1 aromatic rings. The Labute approximate surface area is 101 Å². The summed E-state index contributed by atoms with van der Waals surface area (Å²) in [5, 5.41) is 0. The summed E-state index contributed by atoms with van der Waals surface area (Å²) < 4.78 is 22.9. The van der Waals surface area contributed by atoms with Crippen molar-refractivity contribution >= 4 is 15.8 Å². The Hall–Kier alpha value is -1.21. The Morgan fingerprint density at radius 2 is 1.94 bits per heavy atom. The average molecular weight is 256 g/mol. The van der Waals surface area contributed by atoms with E-state index in [1.54, 1.807) is 12.4 Å². The molecule has 0 radical (unpaired) electrons. The molecule has 6 nitrogen and oxygen atoms in total. The number of rotatable bonds is 2. The lowest BCUT2D eigenvalue weighted by atomic mass is 10.3. The van der Waals surface area contributed by atoms with Gasteiger partial charge in [0.1, 0.15) is 0 Å². The van der Waals surface area contributed by atoms with Crippen LogP contribution in [0.3, 0.4) is 0 Å². The first-order chi connectivity index (χ1) is 8.11. The minimum atomic E-state index is -2.89. The van der Waals surface area contributed by atoms with Gasteiger partial charge in [-0.3, -0.25) is 0 Å². The van der Waals surface area contributed by atoms with Crippen molar-refractivity contribution in [1.29, 1.82) is 0 Å². The maximum absolute atomic E-state index is 11.5. The van der Waals surface area contributed by atoms with E-state index < -0.39 is 9.84 Å². The van der Waals surface area contributed by atoms with E-state index in [4.69, 9.17) is 5.73 Å². The maximum Gasteiger partial charge on any atom is 0.225 e. The van der Waals surface area contributed by atoms with E-state index in [2.05, 4.69) is 9.97 Å². The quantitative estimate of drug-likeness (QED) is 0.771. The van der Waals surface area contributed by atoms with Crippen LogP contribution in [0, 0.1) is 0 Å². The molecule has 94 valence electrons. The Morgan fingerprint density at radius 3 is 2.59 bits per heavy atom. The van der Waals surface area contributed by atoms with Crippen LogP contribution in [0.4, 0.5) is 5.95 Å². The van der Waals surface area contributed by atoms with Crippen LogP contribution in [0.2, 0.25) is 0 Å². The Morgan fingerprint density at radius 1 is 1.24 bits per heavy atom. The van der Waals surface area contributed by atoms with Crippen molar-refractivity contribution in [3.63, 3.8) is 0 Å². The lowest BCUT2D eigenvalue weighted by Crippen LogP contribution is -2.28. The summed E-state index contributed by atoms with van der Waals surface area (Å²) in [7, 11) is -2.89. The van der Waals surface area contributed by atoms with E-state index in [0.29, 0.717) is 32.0 Å². The maximum atomic E-state index is 11.5. The standard InChI is InChI=1S/C10H16N4O2S/c11-6-9-7-12-10(13-8-9)14-2-1-4-17(15,16)5-3-14/h7-8H,1-6,11H2. The fraction of sp³-hybridized carbons (Fsp3) is 0.600. The van der Waals surface area contributed by atoms with Crippen molar-refractivity contribution in [3.8, 4) is 0 Å². The van der Waals surface area contributed by atoms with Crippen LogP contribution in [0.25, 0.3) is 0 Å². The Bertz CT molecular complexity index is 472. The monoisotopic (exact) mass is 256 g/mol. The lowest BCUT2D eigenvalue weighted by molar-refractivity contribution is 0.597. The van der Waals surface area contributed by atoms with Crippen molar-refractivity contribution in [1.82, 2.24) is 9.97 Å². The first-order valence-corrected chi connectivity index (χ1v) is 7.39. The number of nitrogens with two attached hydrogens (primary N) is 1. The second kappa shape index (κ2) is 4.97. The second-order valence-electron chi connectivity index (χ2n) is 4.09. The summed E-state index contributed by atoms with van der Waals surface area (Å²) in [5.41, 5.74) is 6.34. The van der Waals surface area contributed by atoms with Crippen LogP contribution in [-0.4, -0.2) is 43.0 Å². The molecule has 0 amide bonds. The molecule has 0 bridgehead atoms. The van der Waals surface area contributed by atoms with E-state index in [9.17, 15) is 8.42 Å². The van der Waals surface area contributed by atoms with Gasteiger partial charge in [-0.15, -0.1) is 0 Å². The van der Waals surface area contributed by atoms with Gasteiger partial charge in [0.2, 0.25) is 5.95 Å². The molecule has 7 heteroatoms. The average Bonchev–Trinajstić information content (AvgIpc) is 2.50. The summed E-state index contributed by atoms with van der Waals surface area (Å²) in [6, 6.07) is 0. The number of anilines is 1. The first kappa shape index (κ1) is 12.3. The van der Waals surface area contributed by atoms with E-state index in [1.165, 1.54) is 0 Å². The highest BCUT2D eigenvalue weighted by Gasteiger charge is 2.20. The number of aromatic nitrogens is 2. The highest BCUT2D eigenvalue weighted by Crippen LogP contribution is 2.12. The van der Waals surface area contributed by atoms with Gasteiger partial charge in [0.25, 0.3) is 0 Å². The molecular weight excluding hydrogens is 240 g/mol. The van der Waals surface area contributed by atoms with E-state index in [1.807, 2.05) is 4.90 Å². The lowest BCUT2D eigenvalue weighted by Gasteiger charge is -2.19. The number of hydrogen-bond acceptors (Lipinski definition) is 6. The van der Waals surface area contributed by atoms with Crippen molar-refractivity contribution in [2.24, 2.45) is 5.73 Å². The SMILES string of the molecule is NCc1cnc(N2CCCS(=O)(=O)CC2)nc1. The fourth-order valence-corrected chi connectivity index (χ4v) is 3.03. The molecule has 1 saturated heterocycles. The predicted octanol–water partition coefficient (Wildman–Crippen LogP) is -0.440. The molecule has 1 aromatic heterocycles. The first-order valence-electron chi connectivity index (χ1n) is 5.57. The van der Waals surface area contributed by atoms with Crippen LogP contribution >= 0.6 is 0 Å². The van der Waals surface area contributed by atoms with Crippen LogP contribution < -0.4 is 10.6 Å². The molecule has 17 heavy (non-hydrogen) atoms. The van der Waals surface area contributed by atoms with Crippen molar-refractivity contribution in [2.45, 2.75) is 13.0 Å². The van der Waals surface area contributed by atoms with Gasteiger partial charge in [0, 0.05) is 37.6 Å². The third-order valence-corrected chi connectivity index (χ3v) is 4.48. The third-order valence-electron chi connectivity index (χ3n) is 2.77. The molecule has 1 aliphatic rings. The van der Waals surface area contributed by atoms with Gasteiger partial charge >= 0.3 is 0 Å². The minimum Gasteiger partial charge on any atom is -0.340 e. The zero-order valence-electron chi connectivity index (χ0n) is 9.54. The molecule has 0 aliphatic carbocycles. The van der Waals surface area contributed by atoms with Gasteiger partial charge in [-0.25, -0.2) is 18.4 Å². The van der Waals surface area contributed by atoms with Crippen LogP contribution in [0.1, 0.15) is 12.0 Å². The topological polar surface area (TPSA) is 89.2 Å². The summed E-state index contributed by atoms with van der Waals surface area (Å²) in [6.45, 7) is 1.56. The molecular formula is C10H16N4O2S.